The van der Waals surface area contributed by atoms with Gasteiger partial charge in [0, 0.05) is 24.6 Å². The standard InChI is InChI=1S/C20H29NO4/c1-14(15-8-6-5-7-9-15)20(23)21(2)13-19(22)16-10-17(24-3)12-18(11-16)25-4/h10-12,14-15H,5-9,13H2,1-4H3. The molecule has 138 valence electrons. The van der Waals surface area contributed by atoms with E-state index in [1.807, 2.05) is 6.92 Å². The lowest BCUT2D eigenvalue weighted by Crippen LogP contribution is -2.38. The summed E-state index contributed by atoms with van der Waals surface area (Å²) in [6.45, 7) is 2.06. The molecule has 1 unspecified atom stereocenters. The van der Waals surface area contributed by atoms with E-state index in [2.05, 4.69) is 0 Å². The molecule has 0 heterocycles. The van der Waals surface area contributed by atoms with Gasteiger partial charge < -0.3 is 14.4 Å². The van der Waals surface area contributed by atoms with Crippen molar-refractivity contribution in [3.63, 3.8) is 0 Å². The molecule has 0 spiro atoms. The molecule has 1 fully saturated rings. The van der Waals surface area contributed by atoms with Crippen LogP contribution in [0.3, 0.4) is 0 Å². The van der Waals surface area contributed by atoms with Gasteiger partial charge in [-0.05, 0) is 30.9 Å². The van der Waals surface area contributed by atoms with Crippen LogP contribution in [-0.4, -0.2) is 44.4 Å². The Morgan fingerprint density at radius 1 is 1.08 bits per heavy atom. The van der Waals surface area contributed by atoms with E-state index in [1.165, 1.54) is 19.3 Å². The molecule has 1 aromatic rings. The van der Waals surface area contributed by atoms with Crippen molar-refractivity contribution in [2.24, 2.45) is 11.8 Å². The minimum atomic E-state index is -0.121. The van der Waals surface area contributed by atoms with Crippen LogP contribution < -0.4 is 9.47 Å². The van der Waals surface area contributed by atoms with Crippen LogP contribution in [0.5, 0.6) is 11.5 Å². The average molecular weight is 347 g/mol. The van der Waals surface area contributed by atoms with Crippen LogP contribution in [0.1, 0.15) is 49.4 Å². The first-order chi connectivity index (χ1) is 12.0. The Morgan fingerprint density at radius 3 is 2.16 bits per heavy atom. The van der Waals surface area contributed by atoms with E-state index in [4.69, 9.17) is 9.47 Å². The second-order valence-corrected chi connectivity index (χ2v) is 6.91. The SMILES string of the molecule is COc1cc(OC)cc(C(=O)CN(C)C(=O)C(C)C2CCCCC2)c1. The lowest BCUT2D eigenvalue weighted by atomic mass is 9.80. The van der Waals surface area contributed by atoms with E-state index in [9.17, 15) is 9.59 Å². The number of nitrogens with zero attached hydrogens (tertiary/aromatic N) is 1. The Balaban J connectivity index is 2.02. The van der Waals surface area contributed by atoms with E-state index in [0.717, 1.165) is 12.8 Å². The van der Waals surface area contributed by atoms with Gasteiger partial charge in [-0.1, -0.05) is 26.2 Å². The second-order valence-electron chi connectivity index (χ2n) is 6.91. The predicted octanol–water partition coefficient (Wildman–Crippen LogP) is 3.56. The monoisotopic (exact) mass is 347 g/mol. The largest absolute Gasteiger partial charge is 0.497 e. The molecule has 1 aliphatic carbocycles. The van der Waals surface area contributed by atoms with E-state index in [0.29, 0.717) is 23.0 Å². The van der Waals surface area contributed by atoms with Crippen LogP contribution in [0.4, 0.5) is 0 Å². The van der Waals surface area contributed by atoms with Crippen LogP contribution in [0.25, 0.3) is 0 Å². The van der Waals surface area contributed by atoms with Crippen molar-refractivity contribution in [2.45, 2.75) is 39.0 Å². The molecule has 0 radical (unpaired) electrons. The molecule has 1 aliphatic rings. The summed E-state index contributed by atoms with van der Waals surface area (Å²) in [5, 5.41) is 0. The van der Waals surface area contributed by atoms with Gasteiger partial charge in [0.15, 0.2) is 5.78 Å². The normalized spacial score (nSPS) is 16.2. The van der Waals surface area contributed by atoms with E-state index in [-0.39, 0.29) is 24.2 Å². The number of ether oxygens (including phenoxy) is 2. The van der Waals surface area contributed by atoms with Crippen molar-refractivity contribution in [1.29, 1.82) is 0 Å². The highest BCUT2D eigenvalue weighted by atomic mass is 16.5. The van der Waals surface area contributed by atoms with Crippen molar-refractivity contribution < 1.29 is 19.1 Å². The molecule has 0 aromatic heterocycles. The maximum atomic E-state index is 12.7. The van der Waals surface area contributed by atoms with Crippen molar-refractivity contribution in [1.82, 2.24) is 4.90 Å². The van der Waals surface area contributed by atoms with Gasteiger partial charge in [-0.3, -0.25) is 9.59 Å². The summed E-state index contributed by atoms with van der Waals surface area (Å²) in [4.78, 5) is 26.8. The molecule has 0 bridgehead atoms. The Bertz CT molecular complexity index is 585. The highest BCUT2D eigenvalue weighted by molar-refractivity contribution is 6.00. The number of carbonyl (C=O) groups is 2. The number of benzene rings is 1. The smallest absolute Gasteiger partial charge is 0.225 e. The molecule has 1 amide bonds. The topological polar surface area (TPSA) is 55.8 Å². The van der Waals surface area contributed by atoms with Crippen molar-refractivity contribution in [3.8, 4) is 11.5 Å². The minimum absolute atomic E-state index is 0.0297. The van der Waals surface area contributed by atoms with E-state index >= 15 is 0 Å². The fourth-order valence-corrected chi connectivity index (χ4v) is 3.54. The molecule has 5 nitrogen and oxygen atoms in total. The Morgan fingerprint density at radius 2 is 1.64 bits per heavy atom. The molecule has 2 rings (SSSR count). The van der Waals surface area contributed by atoms with Gasteiger partial charge in [0.2, 0.25) is 5.91 Å². The second kappa shape index (κ2) is 8.88. The van der Waals surface area contributed by atoms with Crippen molar-refractivity contribution >= 4 is 11.7 Å². The number of methoxy groups -OCH3 is 2. The van der Waals surface area contributed by atoms with E-state index in [1.54, 1.807) is 44.4 Å². The quantitative estimate of drug-likeness (QED) is 0.708. The molecule has 1 saturated carbocycles. The van der Waals surface area contributed by atoms with Gasteiger partial charge in [0.25, 0.3) is 0 Å². The Hall–Kier alpha value is -2.04. The minimum Gasteiger partial charge on any atom is -0.497 e. The lowest BCUT2D eigenvalue weighted by molar-refractivity contribution is -0.135. The van der Waals surface area contributed by atoms with Crippen molar-refractivity contribution in [3.05, 3.63) is 23.8 Å². The zero-order chi connectivity index (χ0) is 18.4. The van der Waals surface area contributed by atoms with Crippen LogP contribution in [0.2, 0.25) is 0 Å². The molecule has 1 aromatic carbocycles. The number of Topliss-reactive ketones (excluding diaryl/α,β-unsaturated/α-hetero) is 1. The summed E-state index contributed by atoms with van der Waals surface area (Å²) >= 11 is 0. The fourth-order valence-electron chi connectivity index (χ4n) is 3.54. The lowest BCUT2D eigenvalue weighted by Gasteiger charge is -2.29. The molecular weight excluding hydrogens is 318 g/mol. The maximum Gasteiger partial charge on any atom is 0.225 e. The number of hydrogen-bond acceptors (Lipinski definition) is 4. The summed E-state index contributed by atoms with van der Waals surface area (Å²) in [7, 11) is 4.80. The number of rotatable bonds is 7. The summed E-state index contributed by atoms with van der Waals surface area (Å²) in [6.07, 6.45) is 5.90. The highest BCUT2D eigenvalue weighted by Crippen LogP contribution is 2.31. The first kappa shape index (κ1) is 19.3. The number of carbonyl (C=O) groups excluding carboxylic acids is 2. The summed E-state index contributed by atoms with van der Waals surface area (Å²) < 4.78 is 10.4. The van der Waals surface area contributed by atoms with E-state index < -0.39 is 0 Å². The number of hydrogen-bond donors (Lipinski definition) is 0. The van der Waals surface area contributed by atoms with Crippen LogP contribution in [-0.2, 0) is 4.79 Å². The van der Waals surface area contributed by atoms with Gasteiger partial charge in [-0.2, -0.15) is 0 Å². The van der Waals surface area contributed by atoms with Crippen molar-refractivity contribution in [2.75, 3.05) is 27.8 Å². The zero-order valence-corrected chi connectivity index (χ0v) is 15.7. The average Bonchev–Trinajstić information content (AvgIpc) is 2.66. The number of amides is 1. The first-order valence-corrected chi connectivity index (χ1v) is 8.97. The highest BCUT2D eigenvalue weighted by Gasteiger charge is 2.28. The molecular formula is C20H29NO4. The van der Waals surface area contributed by atoms with Crippen LogP contribution in [0, 0.1) is 11.8 Å². The maximum absolute atomic E-state index is 12.7. The van der Waals surface area contributed by atoms with Gasteiger partial charge in [0.1, 0.15) is 11.5 Å². The Kier molecular flexibility index (Phi) is 6.85. The summed E-state index contributed by atoms with van der Waals surface area (Å²) in [5.41, 5.74) is 0.487. The van der Waals surface area contributed by atoms with Gasteiger partial charge in [-0.15, -0.1) is 0 Å². The zero-order valence-electron chi connectivity index (χ0n) is 15.7. The molecule has 1 atom stereocenters. The van der Waals surface area contributed by atoms with Gasteiger partial charge in [0.05, 0.1) is 20.8 Å². The first-order valence-electron chi connectivity index (χ1n) is 8.97. The molecule has 0 saturated heterocycles. The fraction of sp³-hybridized carbons (Fsp3) is 0.600. The molecule has 0 N–H and O–H groups in total. The van der Waals surface area contributed by atoms with Crippen LogP contribution in [0.15, 0.2) is 18.2 Å². The number of ketones is 1. The summed E-state index contributed by atoms with van der Waals surface area (Å²) in [6, 6.07) is 5.07. The summed E-state index contributed by atoms with van der Waals surface area (Å²) in [5.74, 6) is 1.46. The third kappa shape index (κ3) is 4.97. The van der Waals surface area contributed by atoms with Gasteiger partial charge in [-0.25, -0.2) is 0 Å². The third-order valence-electron chi connectivity index (χ3n) is 5.18. The Labute approximate surface area is 150 Å². The molecule has 25 heavy (non-hydrogen) atoms. The van der Waals surface area contributed by atoms with Gasteiger partial charge >= 0.3 is 0 Å². The van der Waals surface area contributed by atoms with Crippen LogP contribution >= 0.6 is 0 Å². The third-order valence-corrected chi connectivity index (χ3v) is 5.18. The molecule has 5 heteroatoms. The molecule has 0 aliphatic heterocycles. The number of likely N-dealkylation sites (N-methyl/N-ethyl adjacent to an activating group) is 1. The predicted molar refractivity (Wildman–Crippen MR) is 97.3 cm³/mol.